The van der Waals surface area contributed by atoms with Crippen LogP contribution in [0.25, 0.3) is 10.9 Å². The summed E-state index contributed by atoms with van der Waals surface area (Å²) in [7, 11) is 0. The molecule has 3 nitrogen and oxygen atoms in total. The molecule has 0 unspecified atom stereocenters. The number of fused-ring (bicyclic) bond motifs is 1. The van der Waals surface area contributed by atoms with Gasteiger partial charge >= 0.3 is 0 Å². The van der Waals surface area contributed by atoms with Crippen molar-refractivity contribution in [2.75, 3.05) is 0 Å². The molecular formula is C19H20N2O. The van der Waals surface area contributed by atoms with Gasteiger partial charge < -0.3 is 10.3 Å². The summed E-state index contributed by atoms with van der Waals surface area (Å²) in [6.07, 6.45) is 0.916. The molecule has 3 heteroatoms. The Morgan fingerprint density at radius 3 is 2.55 bits per heavy atom. The van der Waals surface area contributed by atoms with Crippen LogP contribution < -0.4 is 10.9 Å². The van der Waals surface area contributed by atoms with Gasteiger partial charge in [-0.25, -0.2) is 0 Å². The van der Waals surface area contributed by atoms with Crippen LogP contribution in [-0.2, 0) is 19.5 Å². The first kappa shape index (κ1) is 14.5. The van der Waals surface area contributed by atoms with Crippen molar-refractivity contribution >= 4 is 10.9 Å². The minimum atomic E-state index is -0.00559. The van der Waals surface area contributed by atoms with Crippen molar-refractivity contribution < 1.29 is 0 Å². The average Bonchev–Trinajstić information content (AvgIpc) is 2.56. The molecule has 112 valence electrons. The highest BCUT2D eigenvalue weighted by atomic mass is 16.1. The number of nitrogens with one attached hydrogen (secondary N) is 2. The van der Waals surface area contributed by atoms with E-state index in [1.165, 1.54) is 11.1 Å². The fourth-order valence-corrected chi connectivity index (χ4v) is 2.70. The predicted molar refractivity (Wildman–Crippen MR) is 90.9 cm³/mol. The number of aromatic amines is 1. The fourth-order valence-electron chi connectivity index (χ4n) is 2.70. The summed E-state index contributed by atoms with van der Waals surface area (Å²) in [5.74, 6) is 0. The van der Waals surface area contributed by atoms with Crippen LogP contribution in [0.15, 0.2) is 59.4 Å². The topological polar surface area (TPSA) is 44.9 Å². The second-order valence-electron chi connectivity index (χ2n) is 5.45. The number of rotatable bonds is 5. The SMILES string of the molecule is CCc1cccc2cc(CNCc3ccccc3)c(=O)[nH]c12. The van der Waals surface area contributed by atoms with Crippen LogP contribution in [-0.4, -0.2) is 4.98 Å². The number of H-pyrrole nitrogens is 1. The van der Waals surface area contributed by atoms with Gasteiger partial charge in [0.15, 0.2) is 0 Å². The molecule has 0 aliphatic carbocycles. The minimum absolute atomic E-state index is 0.00559. The second kappa shape index (κ2) is 6.58. The molecule has 2 N–H and O–H groups in total. The molecule has 0 saturated heterocycles. The maximum atomic E-state index is 12.2. The van der Waals surface area contributed by atoms with Crippen molar-refractivity contribution in [1.82, 2.24) is 10.3 Å². The second-order valence-corrected chi connectivity index (χ2v) is 5.45. The van der Waals surface area contributed by atoms with E-state index in [-0.39, 0.29) is 5.56 Å². The summed E-state index contributed by atoms with van der Waals surface area (Å²) >= 11 is 0. The van der Waals surface area contributed by atoms with Gasteiger partial charge in [0, 0.05) is 18.7 Å². The summed E-state index contributed by atoms with van der Waals surface area (Å²) in [5, 5.41) is 4.43. The first-order valence-electron chi connectivity index (χ1n) is 7.66. The quantitative estimate of drug-likeness (QED) is 0.757. The monoisotopic (exact) mass is 292 g/mol. The Labute approximate surface area is 130 Å². The molecule has 0 bridgehead atoms. The van der Waals surface area contributed by atoms with E-state index in [0.29, 0.717) is 6.54 Å². The molecule has 22 heavy (non-hydrogen) atoms. The van der Waals surface area contributed by atoms with Gasteiger partial charge in [0.05, 0.1) is 5.52 Å². The number of para-hydroxylation sites is 1. The molecule has 0 aliphatic heterocycles. The standard InChI is InChI=1S/C19H20N2O/c1-2-15-9-6-10-16-11-17(19(22)21-18(15)16)13-20-12-14-7-4-3-5-8-14/h3-11,20H,2,12-13H2,1H3,(H,21,22). The highest BCUT2D eigenvalue weighted by Crippen LogP contribution is 2.16. The number of hydrogen-bond acceptors (Lipinski definition) is 2. The molecule has 0 fully saturated rings. The van der Waals surface area contributed by atoms with Gasteiger partial charge in [-0.2, -0.15) is 0 Å². The molecule has 1 aromatic heterocycles. The molecule has 0 saturated carbocycles. The molecule has 0 amide bonds. The first-order valence-corrected chi connectivity index (χ1v) is 7.66. The van der Waals surface area contributed by atoms with Crippen molar-refractivity contribution in [2.45, 2.75) is 26.4 Å². The Morgan fingerprint density at radius 1 is 0.955 bits per heavy atom. The molecule has 3 rings (SSSR count). The van der Waals surface area contributed by atoms with Gasteiger partial charge in [0.25, 0.3) is 5.56 Å². The van der Waals surface area contributed by atoms with Gasteiger partial charge in [0.1, 0.15) is 0 Å². The third kappa shape index (κ3) is 3.10. The van der Waals surface area contributed by atoms with E-state index >= 15 is 0 Å². The highest BCUT2D eigenvalue weighted by molar-refractivity contribution is 5.82. The zero-order valence-electron chi connectivity index (χ0n) is 12.7. The Kier molecular flexibility index (Phi) is 4.35. The fraction of sp³-hybridized carbons (Fsp3) is 0.211. The van der Waals surface area contributed by atoms with Gasteiger partial charge in [-0.3, -0.25) is 4.79 Å². The molecule has 0 radical (unpaired) electrons. The number of benzene rings is 2. The van der Waals surface area contributed by atoms with E-state index in [9.17, 15) is 4.79 Å². The lowest BCUT2D eigenvalue weighted by Crippen LogP contribution is -2.21. The summed E-state index contributed by atoms with van der Waals surface area (Å²) in [6, 6.07) is 18.3. The maximum absolute atomic E-state index is 12.2. The summed E-state index contributed by atoms with van der Waals surface area (Å²) in [6.45, 7) is 3.42. The third-order valence-electron chi connectivity index (χ3n) is 3.91. The molecule has 0 aliphatic rings. The number of hydrogen-bond donors (Lipinski definition) is 2. The van der Waals surface area contributed by atoms with Crippen LogP contribution in [0.5, 0.6) is 0 Å². The van der Waals surface area contributed by atoms with E-state index in [2.05, 4.69) is 35.4 Å². The average molecular weight is 292 g/mol. The summed E-state index contributed by atoms with van der Waals surface area (Å²) in [5.41, 5.74) is 4.12. The molecule has 1 heterocycles. The number of aromatic nitrogens is 1. The van der Waals surface area contributed by atoms with Gasteiger partial charge in [-0.15, -0.1) is 0 Å². The van der Waals surface area contributed by atoms with E-state index in [4.69, 9.17) is 0 Å². The molecule has 2 aromatic carbocycles. The van der Waals surface area contributed by atoms with Crippen molar-refractivity contribution in [3.63, 3.8) is 0 Å². The van der Waals surface area contributed by atoms with Gasteiger partial charge in [0.2, 0.25) is 0 Å². The predicted octanol–water partition coefficient (Wildman–Crippen LogP) is 3.38. The van der Waals surface area contributed by atoms with Crippen LogP contribution in [0.2, 0.25) is 0 Å². The largest absolute Gasteiger partial charge is 0.321 e. The lowest BCUT2D eigenvalue weighted by molar-refractivity contribution is 0.688. The van der Waals surface area contributed by atoms with Crippen LogP contribution in [0, 0.1) is 0 Å². The molecule has 3 aromatic rings. The lowest BCUT2D eigenvalue weighted by Gasteiger charge is -2.08. The summed E-state index contributed by atoms with van der Waals surface area (Å²) < 4.78 is 0. The lowest BCUT2D eigenvalue weighted by atomic mass is 10.1. The van der Waals surface area contributed by atoms with Crippen LogP contribution >= 0.6 is 0 Å². The smallest absolute Gasteiger partial charge is 0.252 e. The Bertz CT molecular complexity index is 822. The van der Waals surface area contributed by atoms with E-state index in [0.717, 1.165) is 29.4 Å². The van der Waals surface area contributed by atoms with E-state index < -0.39 is 0 Å². The summed E-state index contributed by atoms with van der Waals surface area (Å²) in [4.78, 5) is 15.3. The van der Waals surface area contributed by atoms with Crippen molar-refractivity contribution in [3.8, 4) is 0 Å². The number of aryl methyl sites for hydroxylation is 1. The Balaban J connectivity index is 1.79. The molecule has 0 spiro atoms. The van der Waals surface area contributed by atoms with Crippen molar-refractivity contribution in [1.29, 1.82) is 0 Å². The van der Waals surface area contributed by atoms with E-state index in [1.54, 1.807) is 0 Å². The van der Waals surface area contributed by atoms with Crippen LogP contribution in [0.4, 0.5) is 0 Å². The normalized spacial score (nSPS) is 11.0. The Hall–Kier alpha value is -2.39. The van der Waals surface area contributed by atoms with E-state index in [1.807, 2.05) is 36.4 Å². The Morgan fingerprint density at radius 2 is 1.77 bits per heavy atom. The third-order valence-corrected chi connectivity index (χ3v) is 3.91. The van der Waals surface area contributed by atoms with Crippen LogP contribution in [0.1, 0.15) is 23.6 Å². The molecule has 0 atom stereocenters. The zero-order chi connectivity index (χ0) is 15.4. The zero-order valence-corrected chi connectivity index (χ0v) is 12.7. The van der Waals surface area contributed by atoms with Crippen molar-refractivity contribution in [2.24, 2.45) is 0 Å². The maximum Gasteiger partial charge on any atom is 0.252 e. The van der Waals surface area contributed by atoms with Crippen LogP contribution in [0.3, 0.4) is 0 Å². The minimum Gasteiger partial charge on any atom is -0.321 e. The number of pyridine rings is 1. The highest BCUT2D eigenvalue weighted by Gasteiger charge is 2.05. The molecular weight excluding hydrogens is 272 g/mol. The van der Waals surface area contributed by atoms with Crippen molar-refractivity contribution in [3.05, 3.63) is 81.6 Å². The van der Waals surface area contributed by atoms with Gasteiger partial charge in [-0.1, -0.05) is 55.5 Å². The first-order chi connectivity index (χ1) is 10.8. The van der Waals surface area contributed by atoms with Gasteiger partial charge in [-0.05, 0) is 29.0 Å².